The standard InChI is InChI=1S/C10H11ClO4S.ClH/c1-2-15-10(12)7-8-5-3-4-6-9(8)16(11,13)14;/h3-6H,2,7H2,1H3;1H. The first-order valence-corrected chi connectivity index (χ1v) is 6.94. The van der Waals surface area contributed by atoms with Crippen molar-refractivity contribution in [3.8, 4) is 0 Å². The predicted molar refractivity (Wildman–Crippen MR) is 67.1 cm³/mol. The normalized spacial score (nSPS) is 10.5. The van der Waals surface area contributed by atoms with Gasteiger partial charge in [0.1, 0.15) is 0 Å². The van der Waals surface area contributed by atoms with Crippen LogP contribution in [0.15, 0.2) is 29.2 Å². The maximum absolute atomic E-state index is 11.2. The fourth-order valence-corrected chi connectivity index (χ4v) is 2.40. The number of benzene rings is 1. The van der Waals surface area contributed by atoms with E-state index in [2.05, 4.69) is 0 Å². The highest BCUT2D eigenvalue weighted by atomic mass is 35.7. The molecule has 0 N–H and O–H groups in total. The SMILES string of the molecule is CCOC(=O)Cc1ccccc1S(=O)(=O)Cl.Cl. The van der Waals surface area contributed by atoms with Crippen molar-refractivity contribution in [2.75, 3.05) is 6.61 Å². The topological polar surface area (TPSA) is 60.4 Å². The number of ether oxygens (including phenoxy) is 1. The molecule has 0 bridgehead atoms. The van der Waals surface area contributed by atoms with E-state index in [1.54, 1.807) is 19.1 Å². The van der Waals surface area contributed by atoms with Gasteiger partial charge in [0.2, 0.25) is 0 Å². The molecule has 0 saturated heterocycles. The Morgan fingerprint density at radius 3 is 2.47 bits per heavy atom. The molecule has 0 saturated carbocycles. The summed E-state index contributed by atoms with van der Waals surface area (Å²) in [7, 11) is 1.41. The minimum Gasteiger partial charge on any atom is -0.466 e. The van der Waals surface area contributed by atoms with Crippen LogP contribution in [0.1, 0.15) is 12.5 Å². The van der Waals surface area contributed by atoms with E-state index in [1.807, 2.05) is 0 Å². The van der Waals surface area contributed by atoms with Crippen LogP contribution >= 0.6 is 23.1 Å². The monoisotopic (exact) mass is 298 g/mol. The summed E-state index contributed by atoms with van der Waals surface area (Å²) in [6.45, 7) is 1.94. The number of halogens is 2. The summed E-state index contributed by atoms with van der Waals surface area (Å²) in [5.74, 6) is -0.477. The van der Waals surface area contributed by atoms with E-state index < -0.39 is 15.0 Å². The van der Waals surface area contributed by atoms with Gasteiger partial charge in [-0.1, -0.05) is 18.2 Å². The molecule has 4 nitrogen and oxygen atoms in total. The second-order valence-corrected chi connectivity index (χ2v) is 5.56. The molecule has 0 spiro atoms. The van der Waals surface area contributed by atoms with Gasteiger partial charge in [-0.2, -0.15) is 0 Å². The van der Waals surface area contributed by atoms with Gasteiger partial charge in [-0.05, 0) is 18.6 Å². The zero-order valence-electron chi connectivity index (χ0n) is 9.05. The molecule has 0 heterocycles. The molecule has 17 heavy (non-hydrogen) atoms. The van der Waals surface area contributed by atoms with Crippen molar-refractivity contribution in [3.05, 3.63) is 29.8 Å². The van der Waals surface area contributed by atoms with Gasteiger partial charge < -0.3 is 4.74 Å². The molecule has 1 aromatic carbocycles. The number of carbonyl (C=O) groups excluding carboxylic acids is 1. The Labute approximate surface area is 111 Å². The maximum atomic E-state index is 11.2. The Morgan fingerprint density at radius 1 is 1.35 bits per heavy atom. The highest BCUT2D eigenvalue weighted by Gasteiger charge is 2.17. The van der Waals surface area contributed by atoms with Crippen LogP contribution in [0.4, 0.5) is 0 Å². The minimum absolute atomic E-state index is 0. The lowest BCUT2D eigenvalue weighted by Gasteiger charge is -2.05. The summed E-state index contributed by atoms with van der Waals surface area (Å²) in [6, 6.07) is 6.08. The van der Waals surface area contributed by atoms with Crippen molar-refractivity contribution in [2.24, 2.45) is 0 Å². The van der Waals surface area contributed by atoms with Gasteiger partial charge in [0.05, 0.1) is 17.9 Å². The maximum Gasteiger partial charge on any atom is 0.310 e. The van der Waals surface area contributed by atoms with Crippen molar-refractivity contribution in [2.45, 2.75) is 18.2 Å². The van der Waals surface area contributed by atoms with E-state index in [0.29, 0.717) is 5.56 Å². The lowest BCUT2D eigenvalue weighted by Crippen LogP contribution is -2.09. The number of hydrogen-bond acceptors (Lipinski definition) is 4. The molecule has 0 aliphatic heterocycles. The van der Waals surface area contributed by atoms with Crippen LogP contribution in [0.3, 0.4) is 0 Å². The van der Waals surface area contributed by atoms with Crippen LogP contribution in [0.2, 0.25) is 0 Å². The van der Waals surface area contributed by atoms with Gasteiger partial charge in [0.25, 0.3) is 9.05 Å². The molecule has 0 atom stereocenters. The van der Waals surface area contributed by atoms with Crippen LogP contribution < -0.4 is 0 Å². The van der Waals surface area contributed by atoms with Crippen LogP contribution in [0.25, 0.3) is 0 Å². The third kappa shape index (κ3) is 4.93. The number of esters is 1. The average molecular weight is 299 g/mol. The molecule has 0 aromatic heterocycles. The van der Waals surface area contributed by atoms with E-state index >= 15 is 0 Å². The molecule has 7 heteroatoms. The largest absolute Gasteiger partial charge is 0.466 e. The van der Waals surface area contributed by atoms with Crippen LogP contribution in [-0.2, 0) is 25.0 Å². The van der Waals surface area contributed by atoms with Crippen molar-refractivity contribution in [3.63, 3.8) is 0 Å². The number of rotatable bonds is 4. The number of hydrogen-bond donors (Lipinski definition) is 0. The molecule has 0 unspecified atom stereocenters. The summed E-state index contributed by atoms with van der Waals surface area (Å²) in [5, 5.41) is 0. The quantitative estimate of drug-likeness (QED) is 0.631. The fraction of sp³-hybridized carbons (Fsp3) is 0.300. The molecule has 0 fully saturated rings. The highest BCUT2D eigenvalue weighted by Crippen LogP contribution is 2.20. The fourth-order valence-electron chi connectivity index (χ4n) is 1.26. The van der Waals surface area contributed by atoms with Gasteiger partial charge in [-0.3, -0.25) is 4.79 Å². The number of carbonyl (C=O) groups is 1. The van der Waals surface area contributed by atoms with E-state index in [1.165, 1.54) is 12.1 Å². The van der Waals surface area contributed by atoms with E-state index in [9.17, 15) is 13.2 Å². The average Bonchev–Trinajstić information content (AvgIpc) is 2.17. The summed E-state index contributed by atoms with van der Waals surface area (Å²) < 4.78 is 27.1. The molecule has 0 aliphatic carbocycles. The predicted octanol–water partition coefficient (Wildman–Crippen LogP) is 2.14. The second kappa shape index (κ2) is 6.83. The Bertz CT molecular complexity index is 485. The Balaban J connectivity index is 0.00000256. The Kier molecular flexibility index (Phi) is 6.52. The molecular formula is C10H12Cl2O4S. The van der Waals surface area contributed by atoms with Crippen molar-refractivity contribution in [1.82, 2.24) is 0 Å². The third-order valence-corrected chi connectivity index (χ3v) is 3.30. The third-order valence-electron chi connectivity index (χ3n) is 1.88. The molecule has 1 aromatic rings. The van der Waals surface area contributed by atoms with Crippen molar-refractivity contribution >= 4 is 38.1 Å². The van der Waals surface area contributed by atoms with E-state index in [-0.39, 0.29) is 30.3 Å². The zero-order valence-corrected chi connectivity index (χ0v) is 11.4. The molecule has 96 valence electrons. The summed E-state index contributed by atoms with van der Waals surface area (Å²) in [4.78, 5) is 11.2. The van der Waals surface area contributed by atoms with Crippen LogP contribution in [-0.4, -0.2) is 21.0 Å². The summed E-state index contributed by atoms with van der Waals surface area (Å²) >= 11 is 0. The molecular weight excluding hydrogens is 287 g/mol. The first-order chi connectivity index (χ1) is 7.45. The zero-order chi connectivity index (χ0) is 12.2. The van der Waals surface area contributed by atoms with Gasteiger partial charge in [-0.25, -0.2) is 8.42 Å². The van der Waals surface area contributed by atoms with Crippen molar-refractivity contribution in [1.29, 1.82) is 0 Å². The lowest BCUT2D eigenvalue weighted by atomic mass is 10.1. The molecule has 0 radical (unpaired) electrons. The summed E-state index contributed by atoms with van der Waals surface area (Å²) in [6.07, 6.45) is -0.101. The van der Waals surface area contributed by atoms with Gasteiger partial charge >= 0.3 is 5.97 Å². The van der Waals surface area contributed by atoms with E-state index in [0.717, 1.165) is 0 Å². The first kappa shape index (κ1) is 16.2. The van der Waals surface area contributed by atoms with Gasteiger partial charge in [-0.15, -0.1) is 12.4 Å². The Hall–Kier alpha value is -0.780. The van der Waals surface area contributed by atoms with E-state index in [4.69, 9.17) is 15.4 Å². The highest BCUT2D eigenvalue weighted by molar-refractivity contribution is 8.13. The molecule has 0 amide bonds. The van der Waals surface area contributed by atoms with Gasteiger partial charge in [0.15, 0.2) is 0 Å². The second-order valence-electron chi connectivity index (χ2n) is 3.03. The van der Waals surface area contributed by atoms with Crippen LogP contribution in [0, 0.1) is 0 Å². The molecule has 1 rings (SSSR count). The van der Waals surface area contributed by atoms with Crippen LogP contribution in [0.5, 0.6) is 0 Å². The molecule has 0 aliphatic rings. The first-order valence-electron chi connectivity index (χ1n) is 4.63. The summed E-state index contributed by atoms with van der Waals surface area (Å²) in [5.41, 5.74) is 0.343. The lowest BCUT2D eigenvalue weighted by molar-refractivity contribution is -0.142. The minimum atomic E-state index is -3.83. The smallest absolute Gasteiger partial charge is 0.310 e. The Morgan fingerprint density at radius 2 is 1.94 bits per heavy atom. The van der Waals surface area contributed by atoms with Crippen molar-refractivity contribution < 1.29 is 17.9 Å². The van der Waals surface area contributed by atoms with Gasteiger partial charge in [0, 0.05) is 10.7 Å².